The van der Waals surface area contributed by atoms with E-state index in [1.54, 1.807) is 32.0 Å². The number of rotatable bonds is 3. The van der Waals surface area contributed by atoms with Crippen LogP contribution in [0.15, 0.2) is 30.3 Å². The molecule has 5 nitrogen and oxygen atoms in total. The summed E-state index contributed by atoms with van der Waals surface area (Å²) in [5.41, 5.74) is 3.32. The second-order valence-corrected chi connectivity index (χ2v) is 7.87. The average molecular weight is 387 g/mol. The maximum Gasteiger partial charge on any atom is 0.271 e. The number of nitrogens with one attached hydrogen (secondary N) is 1. The quantitative estimate of drug-likeness (QED) is 0.850. The van der Waals surface area contributed by atoms with Gasteiger partial charge in [0.25, 0.3) is 5.91 Å². The van der Waals surface area contributed by atoms with Crippen molar-refractivity contribution in [3.8, 4) is 5.75 Å². The van der Waals surface area contributed by atoms with E-state index in [0.717, 1.165) is 22.4 Å². The fourth-order valence-electron chi connectivity index (χ4n) is 3.40. The van der Waals surface area contributed by atoms with E-state index in [-0.39, 0.29) is 18.4 Å². The summed E-state index contributed by atoms with van der Waals surface area (Å²) in [5.74, 6) is -0.0358. The predicted molar refractivity (Wildman–Crippen MR) is 108 cm³/mol. The number of hydrogen-bond acceptors (Lipinski definition) is 3. The van der Waals surface area contributed by atoms with Gasteiger partial charge in [-0.25, -0.2) is 0 Å². The van der Waals surface area contributed by atoms with Crippen molar-refractivity contribution in [1.29, 1.82) is 0 Å². The summed E-state index contributed by atoms with van der Waals surface area (Å²) in [6, 6.07) is 9.08. The van der Waals surface area contributed by atoms with Crippen LogP contribution in [0.25, 0.3) is 0 Å². The number of anilines is 2. The lowest BCUT2D eigenvalue weighted by Gasteiger charge is -2.38. The van der Waals surface area contributed by atoms with Crippen LogP contribution >= 0.6 is 11.6 Å². The topological polar surface area (TPSA) is 58.6 Å². The number of carbonyl (C=O) groups is 2. The summed E-state index contributed by atoms with van der Waals surface area (Å²) < 4.78 is 5.79. The molecule has 0 unspecified atom stereocenters. The van der Waals surface area contributed by atoms with E-state index in [1.165, 1.54) is 4.90 Å². The molecule has 3 rings (SSSR count). The van der Waals surface area contributed by atoms with Crippen molar-refractivity contribution in [3.63, 3.8) is 0 Å². The number of ether oxygens (including phenoxy) is 1. The molecule has 1 aliphatic heterocycles. The largest absolute Gasteiger partial charge is 0.476 e. The van der Waals surface area contributed by atoms with Crippen molar-refractivity contribution >= 4 is 34.8 Å². The molecule has 0 spiro atoms. The van der Waals surface area contributed by atoms with Crippen LogP contribution in [0.5, 0.6) is 5.75 Å². The minimum absolute atomic E-state index is 0.119. The van der Waals surface area contributed by atoms with Crippen LogP contribution in [0, 0.1) is 20.8 Å². The van der Waals surface area contributed by atoms with Crippen molar-refractivity contribution in [3.05, 3.63) is 52.0 Å². The molecule has 0 fully saturated rings. The number of fused-ring (bicyclic) bond motifs is 1. The highest BCUT2D eigenvalue weighted by atomic mass is 35.5. The Morgan fingerprint density at radius 2 is 1.78 bits per heavy atom. The highest BCUT2D eigenvalue weighted by Gasteiger charge is 2.41. The van der Waals surface area contributed by atoms with Gasteiger partial charge in [-0.2, -0.15) is 0 Å². The van der Waals surface area contributed by atoms with Gasteiger partial charge in [0.1, 0.15) is 12.3 Å². The van der Waals surface area contributed by atoms with Crippen LogP contribution in [0.3, 0.4) is 0 Å². The smallest absolute Gasteiger partial charge is 0.271 e. The minimum Gasteiger partial charge on any atom is -0.476 e. The highest BCUT2D eigenvalue weighted by molar-refractivity contribution is 6.31. The van der Waals surface area contributed by atoms with Gasteiger partial charge < -0.3 is 10.1 Å². The molecule has 2 aromatic carbocycles. The van der Waals surface area contributed by atoms with E-state index in [2.05, 4.69) is 5.32 Å². The van der Waals surface area contributed by atoms with Gasteiger partial charge >= 0.3 is 0 Å². The van der Waals surface area contributed by atoms with Crippen LogP contribution < -0.4 is 15.0 Å². The number of amides is 2. The van der Waals surface area contributed by atoms with E-state index in [9.17, 15) is 9.59 Å². The third kappa shape index (κ3) is 3.78. The van der Waals surface area contributed by atoms with Crippen molar-refractivity contribution in [1.82, 2.24) is 0 Å². The standard InChI is InChI=1S/C21H23ClN2O3/c1-12-8-13(2)19(14(3)9-12)23-18(25)11-24-16-10-15(22)6-7-17(16)27-21(4,5)20(24)26/h6-10H,11H2,1-5H3,(H,23,25). The number of nitrogens with zero attached hydrogens (tertiary/aromatic N) is 1. The zero-order valence-electron chi connectivity index (χ0n) is 16.1. The number of halogens is 1. The molecule has 0 bridgehead atoms. The Morgan fingerprint density at radius 3 is 2.41 bits per heavy atom. The summed E-state index contributed by atoms with van der Waals surface area (Å²) in [4.78, 5) is 27.0. The van der Waals surface area contributed by atoms with Crippen molar-refractivity contribution in [2.24, 2.45) is 0 Å². The van der Waals surface area contributed by atoms with Gasteiger partial charge in [-0.05, 0) is 63.9 Å². The maximum absolute atomic E-state index is 12.9. The van der Waals surface area contributed by atoms with E-state index in [0.29, 0.717) is 16.5 Å². The molecule has 6 heteroatoms. The van der Waals surface area contributed by atoms with Crippen molar-refractivity contribution in [2.75, 3.05) is 16.8 Å². The normalized spacial score (nSPS) is 15.2. The second-order valence-electron chi connectivity index (χ2n) is 7.44. The van der Waals surface area contributed by atoms with Gasteiger partial charge in [-0.15, -0.1) is 0 Å². The summed E-state index contributed by atoms with van der Waals surface area (Å²) in [6.45, 7) is 9.17. The molecule has 0 saturated heterocycles. The third-order valence-electron chi connectivity index (χ3n) is 4.58. The van der Waals surface area contributed by atoms with E-state index in [4.69, 9.17) is 16.3 Å². The predicted octanol–water partition coefficient (Wildman–Crippen LogP) is 4.41. The Balaban J connectivity index is 1.89. The number of benzene rings is 2. The van der Waals surface area contributed by atoms with Gasteiger partial charge in [-0.3, -0.25) is 14.5 Å². The van der Waals surface area contributed by atoms with Gasteiger partial charge in [-0.1, -0.05) is 29.3 Å². The Bertz CT molecular complexity index is 914. The first kappa shape index (κ1) is 19.2. The number of hydrogen-bond donors (Lipinski definition) is 1. The van der Waals surface area contributed by atoms with E-state index < -0.39 is 5.60 Å². The number of carbonyl (C=O) groups excluding carboxylic acids is 2. The zero-order valence-corrected chi connectivity index (χ0v) is 16.9. The first-order valence-electron chi connectivity index (χ1n) is 8.77. The summed E-state index contributed by atoms with van der Waals surface area (Å²) in [5, 5.41) is 3.41. The van der Waals surface area contributed by atoms with Crippen LogP contribution in [0.4, 0.5) is 11.4 Å². The van der Waals surface area contributed by atoms with Crippen LogP contribution in [0.1, 0.15) is 30.5 Å². The molecule has 142 valence electrons. The highest BCUT2D eigenvalue weighted by Crippen LogP contribution is 2.39. The van der Waals surface area contributed by atoms with E-state index in [1.807, 2.05) is 32.9 Å². The van der Waals surface area contributed by atoms with Gasteiger partial charge in [0.05, 0.1) is 5.69 Å². The molecule has 2 amide bonds. The van der Waals surface area contributed by atoms with Crippen molar-refractivity contribution in [2.45, 2.75) is 40.2 Å². The Labute approximate surface area is 164 Å². The third-order valence-corrected chi connectivity index (χ3v) is 4.82. The summed E-state index contributed by atoms with van der Waals surface area (Å²) >= 11 is 6.09. The monoisotopic (exact) mass is 386 g/mol. The van der Waals surface area contributed by atoms with E-state index >= 15 is 0 Å². The number of aryl methyl sites for hydroxylation is 3. The molecule has 0 radical (unpaired) electrons. The fourth-order valence-corrected chi connectivity index (χ4v) is 3.56. The molecule has 2 aromatic rings. The molecule has 1 N–H and O–H groups in total. The molecule has 1 heterocycles. The molecule has 1 aliphatic rings. The zero-order chi connectivity index (χ0) is 19.9. The lowest BCUT2D eigenvalue weighted by atomic mass is 10.0. The first-order valence-corrected chi connectivity index (χ1v) is 9.14. The lowest BCUT2D eigenvalue weighted by molar-refractivity contribution is -0.133. The fraction of sp³-hybridized carbons (Fsp3) is 0.333. The molecule has 27 heavy (non-hydrogen) atoms. The molecule has 0 aliphatic carbocycles. The summed E-state index contributed by atoms with van der Waals surface area (Å²) in [6.07, 6.45) is 0. The molecule has 0 saturated carbocycles. The molecular formula is C21H23ClN2O3. The van der Waals surface area contributed by atoms with Gasteiger partial charge in [0.2, 0.25) is 5.91 Å². The summed E-state index contributed by atoms with van der Waals surface area (Å²) in [7, 11) is 0. The molecule has 0 atom stereocenters. The second kappa shape index (κ2) is 6.89. The van der Waals surface area contributed by atoms with Gasteiger partial charge in [0.15, 0.2) is 5.60 Å². The Kier molecular flexibility index (Phi) is 4.91. The first-order chi connectivity index (χ1) is 12.6. The van der Waals surface area contributed by atoms with Crippen LogP contribution in [-0.4, -0.2) is 24.0 Å². The lowest BCUT2D eigenvalue weighted by Crippen LogP contribution is -2.54. The Hall–Kier alpha value is -2.53. The minimum atomic E-state index is -1.06. The van der Waals surface area contributed by atoms with Crippen molar-refractivity contribution < 1.29 is 14.3 Å². The molecular weight excluding hydrogens is 364 g/mol. The van der Waals surface area contributed by atoms with Crippen LogP contribution in [-0.2, 0) is 9.59 Å². The Morgan fingerprint density at radius 1 is 1.15 bits per heavy atom. The average Bonchev–Trinajstić information content (AvgIpc) is 2.56. The van der Waals surface area contributed by atoms with Crippen LogP contribution in [0.2, 0.25) is 5.02 Å². The van der Waals surface area contributed by atoms with Gasteiger partial charge in [0, 0.05) is 10.7 Å². The maximum atomic E-state index is 12.9. The molecule has 0 aromatic heterocycles. The SMILES string of the molecule is Cc1cc(C)c(NC(=O)CN2C(=O)C(C)(C)Oc3ccc(Cl)cc32)c(C)c1.